The number of hydrogen-bond acceptors (Lipinski definition) is 6. The first-order chi connectivity index (χ1) is 11.7. The van der Waals surface area contributed by atoms with Crippen LogP contribution in [-0.2, 0) is 14.6 Å². The maximum atomic E-state index is 11.5. The molecule has 1 spiro atoms. The van der Waals surface area contributed by atoms with Gasteiger partial charge < -0.3 is 14.7 Å². The Morgan fingerprint density at radius 3 is 2.52 bits per heavy atom. The highest BCUT2D eigenvalue weighted by molar-refractivity contribution is 7.90. The molecule has 2 atom stereocenters. The van der Waals surface area contributed by atoms with Gasteiger partial charge in [-0.3, -0.25) is 0 Å². The predicted molar refractivity (Wildman–Crippen MR) is 96.5 cm³/mol. The van der Waals surface area contributed by atoms with E-state index in [4.69, 9.17) is 4.74 Å². The molecule has 2 aliphatic heterocycles. The summed E-state index contributed by atoms with van der Waals surface area (Å²) in [5.74, 6) is 1.19. The quantitative estimate of drug-likeness (QED) is 0.879. The molecule has 1 N–H and O–H groups in total. The van der Waals surface area contributed by atoms with Gasteiger partial charge in [0.25, 0.3) is 0 Å². The fourth-order valence-electron chi connectivity index (χ4n) is 3.85. The normalized spacial score (nSPS) is 27.0. The van der Waals surface area contributed by atoms with Crippen molar-refractivity contribution in [3.8, 4) is 0 Å². The Morgan fingerprint density at radius 2 is 2.00 bits per heavy atom. The molecule has 2 fully saturated rings. The van der Waals surface area contributed by atoms with Crippen LogP contribution in [0.4, 0.5) is 5.82 Å². The van der Waals surface area contributed by atoms with Crippen molar-refractivity contribution in [2.24, 2.45) is 5.92 Å². The smallest absolute Gasteiger partial charge is 0.177 e. The van der Waals surface area contributed by atoms with E-state index in [0.717, 1.165) is 38.2 Å². The monoisotopic (exact) mass is 368 g/mol. The summed E-state index contributed by atoms with van der Waals surface area (Å²) in [7, 11) is -3.22. The number of nitrogens with zero attached hydrogens (tertiary/aromatic N) is 2. The zero-order chi connectivity index (χ0) is 18.2. The third-order valence-electron chi connectivity index (χ3n) is 5.40. The van der Waals surface area contributed by atoms with Gasteiger partial charge in [-0.2, -0.15) is 0 Å². The standard InChI is InChI=1S/C18H28N2O4S/c1-13(2)16-10-14(21)11-18(24-16)6-8-20(9-7-18)17-5-4-15(12-19-17)25(3,22)23/h4-5,12-14,16,21H,6-11H2,1-3H3/t14-,16-/m1/s1. The van der Waals surface area contributed by atoms with Crippen molar-refractivity contribution in [2.75, 3.05) is 24.2 Å². The van der Waals surface area contributed by atoms with Crippen LogP contribution in [0.2, 0.25) is 0 Å². The van der Waals surface area contributed by atoms with Crippen molar-refractivity contribution < 1.29 is 18.3 Å². The SMILES string of the molecule is CC(C)[C@H]1C[C@@H](O)CC2(CCN(c3ccc(S(C)(=O)=O)cn3)CC2)O1. The number of aromatic nitrogens is 1. The summed E-state index contributed by atoms with van der Waals surface area (Å²) in [6.07, 6.45) is 5.55. The van der Waals surface area contributed by atoms with E-state index in [1.54, 1.807) is 12.1 Å². The number of anilines is 1. The molecule has 2 aliphatic rings. The Morgan fingerprint density at radius 1 is 1.32 bits per heavy atom. The summed E-state index contributed by atoms with van der Waals surface area (Å²) >= 11 is 0. The van der Waals surface area contributed by atoms with Gasteiger partial charge in [0, 0.05) is 32.0 Å². The summed E-state index contributed by atoms with van der Waals surface area (Å²) in [6.45, 7) is 5.86. The summed E-state index contributed by atoms with van der Waals surface area (Å²) in [5.41, 5.74) is -0.240. The molecule has 0 radical (unpaired) electrons. The van der Waals surface area contributed by atoms with E-state index >= 15 is 0 Å². The molecular weight excluding hydrogens is 340 g/mol. The molecule has 3 heterocycles. The van der Waals surface area contributed by atoms with Gasteiger partial charge in [0.1, 0.15) is 5.82 Å². The second-order valence-corrected chi connectivity index (χ2v) is 9.80. The fraction of sp³-hybridized carbons (Fsp3) is 0.722. The molecule has 3 rings (SSSR count). The van der Waals surface area contributed by atoms with Gasteiger partial charge in [-0.1, -0.05) is 13.8 Å². The molecule has 1 aromatic rings. The second kappa shape index (κ2) is 6.85. The minimum atomic E-state index is -3.22. The Kier molecular flexibility index (Phi) is 5.10. The largest absolute Gasteiger partial charge is 0.393 e. The van der Waals surface area contributed by atoms with Crippen LogP contribution >= 0.6 is 0 Å². The van der Waals surface area contributed by atoms with Crippen LogP contribution in [-0.4, -0.2) is 55.7 Å². The third-order valence-corrected chi connectivity index (χ3v) is 6.50. The van der Waals surface area contributed by atoms with Gasteiger partial charge in [-0.15, -0.1) is 0 Å². The average Bonchev–Trinajstić information content (AvgIpc) is 2.54. The first-order valence-electron chi connectivity index (χ1n) is 8.95. The number of sulfone groups is 1. The molecule has 0 amide bonds. The summed E-state index contributed by atoms with van der Waals surface area (Å²) in [5, 5.41) is 10.3. The van der Waals surface area contributed by atoms with Crippen molar-refractivity contribution in [1.82, 2.24) is 4.98 Å². The van der Waals surface area contributed by atoms with Gasteiger partial charge >= 0.3 is 0 Å². The summed E-state index contributed by atoms with van der Waals surface area (Å²) in [6, 6.07) is 3.37. The molecule has 0 aromatic carbocycles. The van der Waals surface area contributed by atoms with Crippen molar-refractivity contribution in [3.63, 3.8) is 0 Å². The first kappa shape index (κ1) is 18.6. The maximum absolute atomic E-state index is 11.5. The van der Waals surface area contributed by atoms with Crippen LogP contribution in [0, 0.1) is 5.92 Å². The zero-order valence-electron chi connectivity index (χ0n) is 15.2. The number of rotatable bonds is 3. The lowest BCUT2D eigenvalue weighted by molar-refractivity contribution is -0.183. The minimum Gasteiger partial charge on any atom is -0.393 e. The Balaban J connectivity index is 1.67. The van der Waals surface area contributed by atoms with Gasteiger partial charge in [0.2, 0.25) is 0 Å². The van der Waals surface area contributed by atoms with E-state index in [1.807, 2.05) is 0 Å². The van der Waals surface area contributed by atoms with E-state index < -0.39 is 9.84 Å². The Labute approximate surface area is 150 Å². The molecule has 1 aromatic heterocycles. The number of aliphatic hydroxyl groups is 1. The van der Waals surface area contributed by atoms with E-state index in [2.05, 4.69) is 23.7 Å². The van der Waals surface area contributed by atoms with Crippen LogP contribution in [0.3, 0.4) is 0 Å². The molecule has 0 unspecified atom stereocenters. The van der Waals surface area contributed by atoms with Gasteiger partial charge in [0.15, 0.2) is 9.84 Å². The van der Waals surface area contributed by atoms with Crippen molar-refractivity contribution in [1.29, 1.82) is 0 Å². The number of pyridine rings is 1. The lowest BCUT2D eigenvalue weighted by Crippen LogP contribution is -2.53. The number of aliphatic hydroxyl groups excluding tert-OH is 1. The molecular formula is C18H28N2O4S. The lowest BCUT2D eigenvalue weighted by Gasteiger charge is -2.49. The van der Waals surface area contributed by atoms with Crippen molar-refractivity contribution in [3.05, 3.63) is 18.3 Å². The molecule has 6 nitrogen and oxygen atoms in total. The number of hydrogen-bond donors (Lipinski definition) is 1. The Hall–Kier alpha value is -1.18. The fourth-order valence-corrected chi connectivity index (χ4v) is 4.41. The van der Waals surface area contributed by atoms with Crippen molar-refractivity contribution >= 4 is 15.7 Å². The molecule has 25 heavy (non-hydrogen) atoms. The number of ether oxygens (including phenoxy) is 1. The highest BCUT2D eigenvalue weighted by atomic mass is 32.2. The summed E-state index contributed by atoms with van der Waals surface area (Å²) < 4.78 is 29.5. The topological polar surface area (TPSA) is 79.7 Å². The molecule has 0 bridgehead atoms. The highest BCUT2D eigenvalue weighted by Crippen LogP contribution is 2.40. The first-order valence-corrected chi connectivity index (χ1v) is 10.8. The predicted octanol–water partition coefficient (Wildman–Crippen LogP) is 2.02. The second-order valence-electron chi connectivity index (χ2n) is 7.79. The van der Waals surface area contributed by atoms with Crippen molar-refractivity contribution in [2.45, 2.75) is 62.2 Å². The van der Waals surface area contributed by atoms with Gasteiger partial charge in [0.05, 0.1) is 22.7 Å². The Bertz CT molecular complexity index is 694. The van der Waals surface area contributed by atoms with Gasteiger partial charge in [-0.25, -0.2) is 13.4 Å². The molecule has 140 valence electrons. The molecule has 7 heteroatoms. The molecule has 2 saturated heterocycles. The van der Waals surface area contributed by atoms with Gasteiger partial charge in [-0.05, 0) is 37.3 Å². The molecule has 0 saturated carbocycles. The highest BCUT2D eigenvalue weighted by Gasteiger charge is 2.44. The zero-order valence-corrected chi connectivity index (χ0v) is 16.0. The summed E-state index contributed by atoms with van der Waals surface area (Å²) in [4.78, 5) is 6.71. The average molecular weight is 368 g/mol. The third kappa shape index (κ3) is 4.15. The molecule has 0 aliphatic carbocycles. The van der Waals surface area contributed by atoms with Crippen LogP contribution in [0.15, 0.2) is 23.2 Å². The van der Waals surface area contributed by atoms with Crippen LogP contribution in [0.25, 0.3) is 0 Å². The number of piperidine rings is 1. The van der Waals surface area contributed by atoms with E-state index in [9.17, 15) is 13.5 Å². The van der Waals surface area contributed by atoms with E-state index in [0.29, 0.717) is 12.3 Å². The lowest BCUT2D eigenvalue weighted by atomic mass is 9.80. The van der Waals surface area contributed by atoms with Crippen LogP contribution in [0.5, 0.6) is 0 Å². The maximum Gasteiger partial charge on any atom is 0.177 e. The van der Waals surface area contributed by atoms with Crippen LogP contribution in [0.1, 0.15) is 39.5 Å². The minimum absolute atomic E-state index is 0.113. The van der Waals surface area contributed by atoms with E-state index in [1.165, 1.54) is 12.5 Å². The van der Waals surface area contributed by atoms with E-state index in [-0.39, 0.29) is 22.7 Å². The van der Waals surface area contributed by atoms with Crippen LogP contribution < -0.4 is 4.90 Å².